The van der Waals surface area contributed by atoms with Gasteiger partial charge in [-0.15, -0.1) is 0 Å². The molecule has 2 heterocycles. The van der Waals surface area contributed by atoms with E-state index in [2.05, 4.69) is 4.90 Å². The van der Waals surface area contributed by atoms with Gasteiger partial charge in [0.15, 0.2) is 31.2 Å². The van der Waals surface area contributed by atoms with Crippen LogP contribution in [0.2, 0.25) is 0 Å². The molecule has 0 unspecified atom stereocenters. The minimum absolute atomic E-state index is 0.0113. The van der Waals surface area contributed by atoms with E-state index in [1.165, 1.54) is 44.6 Å². The van der Waals surface area contributed by atoms with Crippen molar-refractivity contribution in [1.82, 2.24) is 4.90 Å². The second kappa shape index (κ2) is 9.11. The fourth-order valence-corrected chi connectivity index (χ4v) is 9.41. The van der Waals surface area contributed by atoms with Crippen molar-refractivity contribution in [3.05, 3.63) is 48.3 Å². The Balaban J connectivity index is 1.56. The summed E-state index contributed by atoms with van der Waals surface area (Å²) in [6.45, 7) is 2.20. The summed E-state index contributed by atoms with van der Waals surface area (Å²) in [5.41, 5.74) is 0.879. The summed E-state index contributed by atoms with van der Waals surface area (Å²) >= 11 is 0. The minimum Gasteiger partial charge on any atom is -0.493 e. The van der Waals surface area contributed by atoms with Gasteiger partial charge in [-0.1, -0.05) is 0 Å². The van der Waals surface area contributed by atoms with Crippen LogP contribution in [0.25, 0.3) is 0 Å². The maximum absolute atomic E-state index is 13.5. The predicted octanol–water partition coefficient (Wildman–Crippen LogP) is 1.60. The van der Waals surface area contributed by atoms with Crippen molar-refractivity contribution in [2.45, 2.75) is 16.2 Å². The number of nitrogens with zero attached hydrogens (tertiary/aromatic N) is 2. The normalized spacial score (nSPS) is 23.4. The maximum atomic E-state index is 13.5. The summed E-state index contributed by atoms with van der Waals surface area (Å²) in [6.07, 6.45) is 0. The average Bonchev–Trinajstić information content (AvgIpc) is 3.15. The smallest absolute Gasteiger partial charge is 0.183 e. The van der Waals surface area contributed by atoms with Gasteiger partial charge in [-0.2, -0.15) is 0 Å². The van der Waals surface area contributed by atoms with E-state index in [9.17, 15) is 21.2 Å². The molecule has 180 valence electrons. The molecule has 2 saturated heterocycles. The lowest BCUT2D eigenvalue weighted by atomic mass is 10.1. The largest absolute Gasteiger partial charge is 0.493 e. The van der Waals surface area contributed by atoms with E-state index in [0.29, 0.717) is 31.9 Å². The molecule has 0 bridgehead atoms. The summed E-state index contributed by atoms with van der Waals surface area (Å²) in [5.74, 6) is -0.252. The molecule has 2 atom stereocenters. The Morgan fingerprint density at radius 2 is 1.55 bits per heavy atom. The number of ether oxygens (including phenoxy) is 2. The molecule has 0 saturated carbocycles. The highest BCUT2D eigenvalue weighted by atomic mass is 32.2. The molecule has 33 heavy (non-hydrogen) atoms. The van der Waals surface area contributed by atoms with E-state index < -0.39 is 36.7 Å². The molecule has 0 spiro atoms. The zero-order valence-corrected chi connectivity index (χ0v) is 20.1. The van der Waals surface area contributed by atoms with Gasteiger partial charge in [0, 0.05) is 44.0 Å². The van der Waals surface area contributed by atoms with Crippen molar-refractivity contribution in [3.8, 4) is 11.5 Å². The van der Waals surface area contributed by atoms with Crippen LogP contribution >= 0.6 is 0 Å². The molecule has 8 nitrogen and oxygen atoms in total. The molecule has 0 amide bonds. The second-order valence-corrected chi connectivity index (χ2v) is 12.6. The van der Waals surface area contributed by atoms with Gasteiger partial charge in [-0.25, -0.2) is 21.2 Å². The first kappa shape index (κ1) is 23.8. The molecule has 2 aromatic rings. The van der Waals surface area contributed by atoms with Gasteiger partial charge < -0.3 is 14.4 Å². The number of rotatable bonds is 6. The van der Waals surface area contributed by atoms with Crippen LogP contribution in [-0.4, -0.2) is 84.9 Å². The van der Waals surface area contributed by atoms with Crippen LogP contribution in [0.3, 0.4) is 0 Å². The summed E-state index contributed by atoms with van der Waals surface area (Å²) in [6, 6.07) is 9.88. The highest BCUT2D eigenvalue weighted by Gasteiger charge is 2.48. The van der Waals surface area contributed by atoms with Gasteiger partial charge in [-0.3, -0.25) is 4.90 Å². The van der Waals surface area contributed by atoms with E-state index >= 15 is 0 Å². The van der Waals surface area contributed by atoms with Crippen LogP contribution in [-0.2, 0) is 19.7 Å². The fourth-order valence-electron chi connectivity index (χ4n) is 4.57. The summed E-state index contributed by atoms with van der Waals surface area (Å²) < 4.78 is 75.8. The lowest BCUT2D eigenvalue weighted by Gasteiger charge is -2.40. The molecule has 4 rings (SSSR count). The Morgan fingerprint density at radius 3 is 2.15 bits per heavy atom. The van der Waals surface area contributed by atoms with Gasteiger partial charge in [0.25, 0.3) is 0 Å². The summed E-state index contributed by atoms with van der Waals surface area (Å²) in [7, 11) is -4.59. The monoisotopic (exact) mass is 498 g/mol. The topological polar surface area (TPSA) is 93.2 Å². The van der Waals surface area contributed by atoms with Gasteiger partial charge >= 0.3 is 0 Å². The van der Waals surface area contributed by atoms with E-state index in [0.717, 1.165) is 5.69 Å². The first-order valence-electron chi connectivity index (χ1n) is 10.6. The van der Waals surface area contributed by atoms with Crippen molar-refractivity contribution < 1.29 is 30.7 Å². The molecule has 0 radical (unpaired) electrons. The lowest BCUT2D eigenvalue weighted by Crippen LogP contribution is -2.55. The molecule has 2 fully saturated rings. The predicted molar refractivity (Wildman–Crippen MR) is 123 cm³/mol. The zero-order valence-electron chi connectivity index (χ0n) is 18.5. The second-order valence-electron chi connectivity index (χ2n) is 8.24. The lowest BCUT2D eigenvalue weighted by molar-refractivity contribution is 0.201. The van der Waals surface area contributed by atoms with Crippen molar-refractivity contribution in [3.63, 3.8) is 0 Å². The fraction of sp³-hybridized carbons (Fsp3) is 0.455. The summed E-state index contributed by atoms with van der Waals surface area (Å²) in [5, 5.41) is -1.07. The average molecular weight is 499 g/mol. The Kier molecular flexibility index (Phi) is 6.56. The van der Waals surface area contributed by atoms with Gasteiger partial charge in [-0.05, 0) is 36.4 Å². The van der Waals surface area contributed by atoms with Gasteiger partial charge in [0.1, 0.15) is 5.82 Å². The number of piperazine rings is 1. The van der Waals surface area contributed by atoms with E-state index in [-0.39, 0.29) is 22.2 Å². The number of anilines is 1. The molecule has 2 aliphatic heterocycles. The minimum atomic E-state index is -3.95. The van der Waals surface area contributed by atoms with Crippen LogP contribution in [0, 0.1) is 5.82 Å². The Bertz CT molecular complexity index is 1210. The van der Waals surface area contributed by atoms with E-state index in [4.69, 9.17) is 9.47 Å². The number of halogens is 1. The standard InChI is InChI=1S/C22H27FN2O6S2/c1-30-20-8-7-18(13-21(20)31-2)33(28,29)22-15-32(26,27)14-19(22)25-11-9-24(10-12-25)17-5-3-16(23)4-6-17/h3-8,13,19,22H,9-12,14-15H2,1-2H3/t19-,22-/m0/s1. The number of sulfone groups is 2. The third-order valence-corrected chi connectivity index (χ3v) is 10.4. The van der Waals surface area contributed by atoms with E-state index in [1.54, 1.807) is 12.1 Å². The van der Waals surface area contributed by atoms with E-state index in [1.807, 2.05) is 4.90 Å². The van der Waals surface area contributed by atoms with Crippen LogP contribution in [0.15, 0.2) is 47.4 Å². The molecule has 2 aliphatic rings. The number of methoxy groups -OCH3 is 2. The quantitative estimate of drug-likeness (QED) is 0.593. The van der Waals surface area contributed by atoms with Crippen LogP contribution in [0.5, 0.6) is 11.5 Å². The van der Waals surface area contributed by atoms with Crippen molar-refractivity contribution in [2.24, 2.45) is 0 Å². The Hall–Kier alpha value is -2.37. The highest BCUT2D eigenvalue weighted by Crippen LogP contribution is 2.34. The van der Waals surface area contributed by atoms with Crippen LogP contribution < -0.4 is 14.4 Å². The molecule has 0 aliphatic carbocycles. The third-order valence-electron chi connectivity index (χ3n) is 6.33. The van der Waals surface area contributed by atoms with Crippen molar-refractivity contribution >= 4 is 25.4 Å². The van der Waals surface area contributed by atoms with Crippen molar-refractivity contribution in [1.29, 1.82) is 0 Å². The Labute approximate surface area is 193 Å². The number of benzene rings is 2. The molecular formula is C22H27FN2O6S2. The van der Waals surface area contributed by atoms with Crippen LogP contribution in [0.1, 0.15) is 0 Å². The molecule has 0 N–H and O–H groups in total. The first-order valence-corrected chi connectivity index (χ1v) is 13.9. The van der Waals surface area contributed by atoms with Crippen molar-refractivity contribution in [2.75, 3.05) is 56.8 Å². The number of hydrogen-bond acceptors (Lipinski definition) is 8. The number of hydrogen-bond donors (Lipinski definition) is 0. The Morgan fingerprint density at radius 1 is 0.909 bits per heavy atom. The van der Waals surface area contributed by atoms with Gasteiger partial charge in [0.2, 0.25) is 0 Å². The third kappa shape index (κ3) is 4.80. The molecule has 11 heteroatoms. The maximum Gasteiger partial charge on any atom is 0.183 e. The molecular weight excluding hydrogens is 471 g/mol. The molecule has 0 aromatic heterocycles. The SMILES string of the molecule is COc1ccc(S(=O)(=O)[C@H]2CS(=O)(=O)C[C@@H]2N2CCN(c3ccc(F)cc3)CC2)cc1OC. The molecule has 2 aromatic carbocycles. The zero-order chi connectivity index (χ0) is 23.8. The summed E-state index contributed by atoms with van der Waals surface area (Å²) in [4.78, 5) is 4.04. The van der Waals surface area contributed by atoms with Crippen LogP contribution in [0.4, 0.5) is 10.1 Å². The highest BCUT2D eigenvalue weighted by molar-refractivity contribution is 7.96. The first-order chi connectivity index (χ1) is 15.6. The van der Waals surface area contributed by atoms with Gasteiger partial charge in [0.05, 0.1) is 35.9 Å².